The molecule has 100 valence electrons. The minimum Gasteiger partial charge on any atom is -0.324 e. The van der Waals surface area contributed by atoms with E-state index >= 15 is 0 Å². The number of hydrogen-bond acceptors (Lipinski definition) is 3. The van der Waals surface area contributed by atoms with Gasteiger partial charge in [-0.15, -0.1) is 0 Å². The molecule has 0 radical (unpaired) electrons. The Kier molecular flexibility index (Phi) is 3.15. The topological polar surface area (TPSA) is 63.4 Å². The molecule has 1 atom stereocenters. The molecule has 0 bridgehead atoms. The molecule has 1 aliphatic heterocycles. The largest absolute Gasteiger partial charge is 0.324 e. The molecule has 0 fully saturated rings. The predicted molar refractivity (Wildman–Crippen MR) is 74.0 cm³/mol. The Balaban J connectivity index is 2.54. The summed E-state index contributed by atoms with van der Waals surface area (Å²) in [7, 11) is -3.36. The van der Waals surface area contributed by atoms with Gasteiger partial charge in [0.25, 0.3) is 0 Å². The lowest BCUT2D eigenvalue weighted by atomic mass is 9.99. The summed E-state index contributed by atoms with van der Waals surface area (Å²) in [5.74, 6) is 0. The third-order valence-electron chi connectivity index (χ3n) is 3.31. The molecule has 0 spiro atoms. The number of fused-ring (bicyclic) bond motifs is 1. The van der Waals surface area contributed by atoms with E-state index < -0.39 is 14.8 Å². The molecule has 0 aliphatic carbocycles. The van der Waals surface area contributed by atoms with Crippen LogP contribution in [0, 0.1) is 0 Å². The first-order valence-electron chi connectivity index (χ1n) is 6.12. The van der Waals surface area contributed by atoms with Crippen molar-refractivity contribution in [1.82, 2.24) is 0 Å². The lowest BCUT2D eigenvalue weighted by Crippen LogP contribution is -2.46. The molecule has 0 saturated carbocycles. The number of nitrogens with two attached hydrogens (primary N) is 1. The Morgan fingerprint density at radius 3 is 2.50 bits per heavy atom. The highest BCUT2D eigenvalue weighted by atomic mass is 32.2. The summed E-state index contributed by atoms with van der Waals surface area (Å²) in [6, 6.07) is 7.41. The highest BCUT2D eigenvalue weighted by Gasteiger charge is 2.38. The van der Waals surface area contributed by atoms with Crippen LogP contribution in [0.1, 0.15) is 38.8 Å². The average Bonchev–Trinajstić information content (AvgIpc) is 2.28. The first kappa shape index (κ1) is 13.4. The maximum Gasteiger partial charge on any atom is 0.240 e. The van der Waals surface area contributed by atoms with Crippen molar-refractivity contribution in [3.63, 3.8) is 0 Å². The van der Waals surface area contributed by atoms with Crippen LogP contribution in [-0.2, 0) is 10.0 Å². The molecule has 1 unspecified atom stereocenters. The van der Waals surface area contributed by atoms with Crippen LogP contribution in [0.5, 0.6) is 0 Å². The van der Waals surface area contributed by atoms with E-state index in [2.05, 4.69) is 0 Å². The molecule has 2 rings (SSSR count). The number of rotatable bonds is 1. The van der Waals surface area contributed by atoms with Gasteiger partial charge in [0.2, 0.25) is 10.0 Å². The first-order valence-corrected chi connectivity index (χ1v) is 7.56. The monoisotopic (exact) mass is 268 g/mol. The number of benzene rings is 1. The van der Waals surface area contributed by atoms with Crippen molar-refractivity contribution in [3.8, 4) is 0 Å². The zero-order valence-electron chi connectivity index (χ0n) is 11.1. The van der Waals surface area contributed by atoms with Gasteiger partial charge in [0.05, 0.1) is 10.4 Å². The number of para-hydroxylation sites is 1. The fraction of sp³-hybridized carbons (Fsp3) is 0.538. The molecular formula is C13H20N2O2S. The van der Waals surface area contributed by atoms with Crippen molar-refractivity contribution < 1.29 is 8.42 Å². The summed E-state index contributed by atoms with van der Waals surface area (Å²) >= 11 is 0. The number of anilines is 1. The molecule has 0 saturated heterocycles. The predicted octanol–water partition coefficient (Wildman–Crippen LogP) is 2.02. The van der Waals surface area contributed by atoms with E-state index in [1.54, 1.807) is 20.8 Å². The Labute approximate surface area is 109 Å². The molecule has 0 amide bonds. The standard InChI is InChI=1S/C13H20N2O2S/c1-13(2,3)18(16,17)15-9-8-11(14)10-6-4-5-7-12(10)15/h4-7,11H,8-9,14H2,1-3H3. The fourth-order valence-electron chi connectivity index (χ4n) is 2.14. The van der Waals surface area contributed by atoms with Gasteiger partial charge in [-0.3, -0.25) is 4.31 Å². The molecular weight excluding hydrogens is 248 g/mol. The minimum atomic E-state index is -3.36. The van der Waals surface area contributed by atoms with Gasteiger partial charge in [0.15, 0.2) is 0 Å². The van der Waals surface area contributed by atoms with E-state index in [4.69, 9.17) is 5.73 Å². The van der Waals surface area contributed by atoms with E-state index in [0.29, 0.717) is 13.0 Å². The maximum atomic E-state index is 12.6. The second-order valence-corrected chi connectivity index (χ2v) is 8.26. The Morgan fingerprint density at radius 2 is 1.89 bits per heavy atom. The smallest absolute Gasteiger partial charge is 0.240 e. The van der Waals surface area contributed by atoms with Gasteiger partial charge in [0.1, 0.15) is 0 Å². The van der Waals surface area contributed by atoms with Gasteiger partial charge in [0, 0.05) is 12.6 Å². The summed E-state index contributed by atoms with van der Waals surface area (Å²) in [5, 5.41) is 0. The van der Waals surface area contributed by atoms with E-state index in [1.807, 2.05) is 24.3 Å². The van der Waals surface area contributed by atoms with Crippen LogP contribution in [0.15, 0.2) is 24.3 Å². The van der Waals surface area contributed by atoms with Gasteiger partial charge >= 0.3 is 0 Å². The molecule has 4 nitrogen and oxygen atoms in total. The maximum absolute atomic E-state index is 12.6. The van der Waals surface area contributed by atoms with Crippen LogP contribution in [0.2, 0.25) is 0 Å². The van der Waals surface area contributed by atoms with Gasteiger partial charge in [-0.1, -0.05) is 18.2 Å². The van der Waals surface area contributed by atoms with Gasteiger partial charge in [-0.05, 0) is 38.8 Å². The summed E-state index contributed by atoms with van der Waals surface area (Å²) in [4.78, 5) is 0. The molecule has 18 heavy (non-hydrogen) atoms. The summed E-state index contributed by atoms with van der Waals surface area (Å²) < 4.78 is 25.8. The third kappa shape index (κ3) is 2.01. The Morgan fingerprint density at radius 1 is 1.28 bits per heavy atom. The number of nitrogens with zero attached hydrogens (tertiary/aromatic N) is 1. The van der Waals surface area contributed by atoms with Crippen LogP contribution in [-0.4, -0.2) is 19.7 Å². The quantitative estimate of drug-likeness (QED) is 0.847. The van der Waals surface area contributed by atoms with Crippen molar-refractivity contribution in [2.45, 2.75) is 38.0 Å². The van der Waals surface area contributed by atoms with Crippen LogP contribution in [0.3, 0.4) is 0 Å². The highest BCUT2D eigenvalue weighted by Crippen LogP contribution is 2.36. The molecule has 0 aromatic heterocycles. The molecule has 1 aromatic carbocycles. The molecule has 5 heteroatoms. The van der Waals surface area contributed by atoms with E-state index in [1.165, 1.54) is 4.31 Å². The van der Waals surface area contributed by atoms with Crippen molar-refractivity contribution in [2.24, 2.45) is 5.73 Å². The third-order valence-corrected chi connectivity index (χ3v) is 5.82. The van der Waals surface area contributed by atoms with E-state index in [0.717, 1.165) is 11.3 Å². The summed E-state index contributed by atoms with van der Waals surface area (Å²) in [6.07, 6.45) is 0.659. The number of hydrogen-bond donors (Lipinski definition) is 1. The summed E-state index contributed by atoms with van der Waals surface area (Å²) in [5.41, 5.74) is 7.68. The Bertz CT molecular complexity index is 546. The van der Waals surface area contributed by atoms with Crippen LogP contribution < -0.4 is 10.0 Å². The normalized spacial score (nSPS) is 20.7. The zero-order valence-corrected chi connectivity index (χ0v) is 11.9. The second kappa shape index (κ2) is 4.24. The SMILES string of the molecule is CC(C)(C)S(=O)(=O)N1CCC(N)c2ccccc21. The Hall–Kier alpha value is -1.07. The van der Waals surface area contributed by atoms with Gasteiger partial charge < -0.3 is 5.73 Å². The zero-order chi connectivity index (χ0) is 13.6. The van der Waals surface area contributed by atoms with Gasteiger partial charge in [-0.2, -0.15) is 0 Å². The fourth-order valence-corrected chi connectivity index (χ4v) is 3.57. The highest BCUT2D eigenvalue weighted by molar-refractivity contribution is 7.94. The van der Waals surface area contributed by atoms with Crippen molar-refractivity contribution >= 4 is 15.7 Å². The van der Waals surface area contributed by atoms with Crippen LogP contribution in [0.4, 0.5) is 5.69 Å². The average molecular weight is 268 g/mol. The van der Waals surface area contributed by atoms with E-state index in [9.17, 15) is 8.42 Å². The molecule has 1 aromatic rings. The lowest BCUT2D eigenvalue weighted by molar-refractivity contribution is 0.543. The van der Waals surface area contributed by atoms with Crippen molar-refractivity contribution in [1.29, 1.82) is 0 Å². The van der Waals surface area contributed by atoms with Crippen molar-refractivity contribution in [3.05, 3.63) is 29.8 Å². The summed E-state index contributed by atoms with van der Waals surface area (Å²) in [6.45, 7) is 5.62. The van der Waals surface area contributed by atoms with Gasteiger partial charge in [-0.25, -0.2) is 8.42 Å². The van der Waals surface area contributed by atoms with Crippen LogP contribution >= 0.6 is 0 Å². The van der Waals surface area contributed by atoms with Crippen molar-refractivity contribution in [2.75, 3.05) is 10.8 Å². The molecule has 1 heterocycles. The van der Waals surface area contributed by atoms with Crippen LogP contribution in [0.25, 0.3) is 0 Å². The molecule has 2 N–H and O–H groups in total. The minimum absolute atomic E-state index is 0.0763. The second-order valence-electron chi connectivity index (χ2n) is 5.64. The number of sulfonamides is 1. The first-order chi connectivity index (χ1) is 8.25. The van der Waals surface area contributed by atoms with E-state index in [-0.39, 0.29) is 6.04 Å². The lowest BCUT2D eigenvalue weighted by Gasteiger charge is -2.37. The molecule has 1 aliphatic rings.